The Morgan fingerprint density at radius 2 is 1.09 bits per heavy atom. The molecule has 2 heterocycles. The molecule has 0 spiro atoms. The van der Waals surface area contributed by atoms with Gasteiger partial charge in [-0.15, -0.1) is 0 Å². The second-order valence-corrected chi connectivity index (χ2v) is 6.91. The van der Waals surface area contributed by atoms with Gasteiger partial charge < -0.3 is 20.0 Å². The minimum absolute atomic E-state index is 0.401. The highest BCUT2D eigenvalue weighted by molar-refractivity contribution is 5.76. The molecule has 0 amide bonds. The van der Waals surface area contributed by atoms with Gasteiger partial charge >= 0.3 is 0 Å². The highest BCUT2D eigenvalue weighted by Gasteiger charge is 2.34. The van der Waals surface area contributed by atoms with E-state index in [1.165, 1.54) is 11.1 Å². The summed E-state index contributed by atoms with van der Waals surface area (Å²) in [5.41, 5.74) is 8.45. The Morgan fingerprint density at radius 3 is 1.48 bits per heavy atom. The van der Waals surface area contributed by atoms with Crippen molar-refractivity contribution in [2.45, 2.75) is 40.8 Å². The number of hydrogen-bond donors (Lipinski definition) is 2. The molecule has 0 atom stereocenters. The average molecular weight is 310 g/mol. The van der Waals surface area contributed by atoms with Crippen molar-refractivity contribution in [1.82, 2.24) is 0 Å². The first-order valence-corrected chi connectivity index (χ1v) is 8.02. The molecule has 0 saturated carbocycles. The molecule has 4 heteroatoms. The van der Waals surface area contributed by atoms with Gasteiger partial charge in [0.15, 0.2) is 0 Å². The second-order valence-electron chi connectivity index (χ2n) is 6.91. The van der Waals surface area contributed by atoms with Gasteiger partial charge in [-0.2, -0.15) is 0 Å². The fourth-order valence-electron chi connectivity index (χ4n) is 4.27. The fraction of sp³-hybridized carbons (Fsp3) is 0.368. The summed E-state index contributed by atoms with van der Waals surface area (Å²) in [5.74, 6) is 0.801. The van der Waals surface area contributed by atoms with E-state index in [2.05, 4.69) is 23.6 Å². The first-order valence-electron chi connectivity index (χ1n) is 8.02. The number of anilines is 2. The van der Waals surface area contributed by atoms with E-state index in [0.29, 0.717) is 24.6 Å². The van der Waals surface area contributed by atoms with Crippen molar-refractivity contribution >= 4 is 11.4 Å². The molecule has 0 aromatic heterocycles. The van der Waals surface area contributed by atoms with E-state index in [1.54, 1.807) is 0 Å². The van der Waals surface area contributed by atoms with Crippen LogP contribution in [0.25, 0.3) is 0 Å². The van der Waals surface area contributed by atoms with Crippen LogP contribution in [-0.4, -0.2) is 16.9 Å². The normalized spacial score (nSPS) is 15.5. The molecule has 2 aromatic carbocycles. The highest BCUT2D eigenvalue weighted by atomic mass is 16.3. The van der Waals surface area contributed by atoms with Crippen molar-refractivity contribution in [2.75, 3.05) is 16.5 Å². The molecule has 4 rings (SSSR count). The highest BCUT2D eigenvalue weighted by Crippen LogP contribution is 2.47. The molecular weight excluding hydrogens is 288 g/mol. The van der Waals surface area contributed by atoms with Gasteiger partial charge in [0.1, 0.15) is 11.5 Å². The third-order valence-electron chi connectivity index (χ3n) is 5.18. The van der Waals surface area contributed by atoms with Crippen LogP contribution >= 0.6 is 0 Å². The summed E-state index contributed by atoms with van der Waals surface area (Å²) < 4.78 is 0. The zero-order chi connectivity index (χ0) is 16.5. The third-order valence-corrected chi connectivity index (χ3v) is 5.18. The summed E-state index contributed by atoms with van der Waals surface area (Å²) in [4.78, 5) is 4.52. The molecule has 2 aliphatic rings. The zero-order valence-electron chi connectivity index (χ0n) is 14.1. The van der Waals surface area contributed by atoms with Crippen LogP contribution < -0.4 is 9.80 Å². The Morgan fingerprint density at radius 1 is 0.696 bits per heavy atom. The molecule has 23 heavy (non-hydrogen) atoms. The maximum absolute atomic E-state index is 10.5. The van der Waals surface area contributed by atoms with Gasteiger partial charge in [0.2, 0.25) is 0 Å². The summed E-state index contributed by atoms with van der Waals surface area (Å²) >= 11 is 0. The standard InChI is InChI=1S/C19H22N2O2/c1-10-5-12(3)18(22)14-7-21-9-20(16(10)14)8-15-17(21)11(2)6-13(4)19(15)23/h5-6,22-23H,7-9H2,1-4H3. The zero-order valence-corrected chi connectivity index (χ0v) is 14.1. The maximum Gasteiger partial charge on any atom is 0.125 e. The number of benzene rings is 2. The van der Waals surface area contributed by atoms with Crippen molar-refractivity contribution in [3.8, 4) is 11.5 Å². The summed E-state index contributed by atoms with van der Waals surface area (Å²) in [6.45, 7) is 10.2. The smallest absolute Gasteiger partial charge is 0.125 e. The molecule has 4 nitrogen and oxygen atoms in total. The van der Waals surface area contributed by atoms with Crippen LogP contribution in [0.15, 0.2) is 12.1 Å². The van der Waals surface area contributed by atoms with Gasteiger partial charge in [-0.05, 0) is 49.9 Å². The number of rotatable bonds is 0. The maximum atomic E-state index is 10.5. The number of fused-ring (bicyclic) bond motifs is 6. The predicted molar refractivity (Wildman–Crippen MR) is 92.4 cm³/mol. The van der Waals surface area contributed by atoms with Crippen LogP contribution in [0.1, 0.15) is 33.4 Å². The van der Waals surface area contributed by atoms with Crippen LogP contribution in [0.5, 0.6) is 11.5 Å². The lowest BCUT2D eigenvalue weighted by atomic mass is 9.93. The Balaban J connectivity index is 1.94. The Labute approximate surface area is 136 Å². The number of phenols is 2. The average Bonchev–Trinajstić information content (AvgIpc) is 2.49. The minimum atomic E-state index is 0.401. The topological polar surface area (TPSA) is 46.9 Å². The lowest BCUT2D eigenvalue weighted by Crippen LogP contribution is -2.47. The Kier molecular flexibility index (Phi) is 2.83. The summed E-state index contributed by atoms with van der Waals surface area (Å²) in [5, 5.41) is 21.1. The van der Waals surface area contributed by atoms with E-state index >= 15 is 0 Å². The molecule has 2 bridgehead atoms. The van der Waals surface area contributed by atoms with Gasteiger partial charge in [0, 0.05) is 11.1 Å². The molecule has 0 saturated heterocycles. The van der Waals surface area contributed by atoms with E-state index in [4.69, 9.17) is 0 Å². The lowest BCUT2D eigenvalue weighted by Gasteiger charge is -2.46. The Bertz CT molecular complexity index is 773. The largest absolute Gasteiger partial charge is 0.507 e. The van der Waals surface area contributed by atoms with E-state index in [-0.39, 0.29) is 0 Å². The summed E-state index contributed by atoms with van der Waals surface area (Å²) in [7, 11) is 0. The van der Waals surface area contributed by atoms with E-state index in [9.17, 15) is 10.2 Å². The number of aromatic hydroxyl groups is 2. The lowest BCUT2D eigenvalue weighted by molar-refractivity contribution is 0.451. The van der Waals surface area contributed by atoms with Crippen molar-refractivity contribution < 1.29 is 10.2 Å². The Hall–Kier alpha value is -2.36. The monoisotopic (exact) mass is 310 g/mol. The number of aryl methyl sites for hydroxylation is 4. The molecule has 120 valence electrons. The summed E-state index contributed by atoms with van der Waals surface area (Å²) in [6, 6.07) is 4.08. The minimum Gasteiger partial charge on any atom is -0.507 e. The quantitative estimate of drug-likeness (QED) is 0.780. The number of nitrogens with zero attached hydrogens (tertiary/aromatic N) is 2. The molecule has 0 fully saturated rings. The predicted octanol–water partition coefficient (Wildman–Crippen LogP) is 3.63. The van der Waals surface area contributed by atoms with Gasteiger partial charge in [-0.1, -0.05) is 12.1 Å². The molecular formula is C19H22N2O2. The molecule has 0 radical (unpaired) electrons. The number of phenolic OH excluding ortho intramolecular Hbond substituents is 2. The van der Waals surface area contributed by atoms with Crippen LogP contribution in [0.2, 0.25) is 0 Å². The summed E-state index contributed by atoms with van der Waals surface area (Å²) in [6.07, 6.45) is 0. The molecule has 2 aliphatic heterocycles. The number of hydrogen-bond acceptors (Lipinski definition) is 4. The van der Waals surface area contributed by atoms with E-state index in [0.717, 1.165) is 40.3 Å². The SMILES string of the molecule is Cc1cc(C)c2c(c1O)CN1CN2Cc2c(O)c(C)cc(C)c21. The van der Waals surface area contributed by atoms with Gasteiger partial charge in [-0.25, -0.2) is 0 Å². The van der Waals surface area contributed by atoms with Crippen LogP contribution in [0, 0.1) is 27.7 Å². The van der Waals surface area contributed by atoms with Crippen LogP contribution in [0.3, 0.4) is 0 Å². The van der Waals surface area contributed by atoms with E-state index < -0.39 is 0 Å². The molecule has 2 aromatic rings. The van der Waals surface area contributed by atoms with Gasteiger partial charge in [0.05, 0.1) is 31.1 Å². The van der Waals surface area contributed by atoms with Crippen molar-refractivity contribution in [3.63, 3.8) is 0 Å². The molecule has 2 N–H and O–H groups in total. The molecule has 0 unspecified atom stereocenters. The van der Waals surface area contributed by atoms with Gasteiger partial charge in [-0.3, -0.25) is 0 Å². The van der Waals surface area contributed by atoms with Crippen molar-refractivity contribution in [3.05, 3.63) is 45.5 Å². The van der Waals surface area contributed by atoms with Crippen molar-refractivity contribution in [2.24, 2.45) is 0 Å². The first kappa shape index (κ1) is 14.2. The van der Waals surface area contributed by atoms with Gasteiger partial charge in [0.25, 0.3) is 0 Å². The molecule has 0 aliphatic carbocycles. The fourth-order valence-corrected chi connectivity index (χ4v) is 4.27. The van der Waals surface area contributed by atoms with E-state index in [1.807, 2.05) is 26.0 Å². The van der Waals surface area contributed by atoms with Crippen LogP contribution in [-0.2, 0) is 13.1 Å². The van der Waals surface area contributed by atoms with Crippen LogP contribution in [0.4, 0.5) is 11.4 Å². The third kappa shape index (κ3) is 1.84. The van der Waals surface area contributed by atoms with Crippen molar-refractivity contribution in [1.29, 1.82) is 0 Å². The first-order chi connectivity index (χ1) is 10.9. The second kappa shape index (κ2) is 4.57.